The van der Waals surface area contributed by atoms with E-state index in [1.165, 1.54) is 31.2 Å². The fourth-order valence-electron chi connectivity index (χ4n) is 2.35. The van der Waals surface area contributed by atoms with Gasteiger partial charge < -0.3 is 20.1 Å². The Balaban J connectivity index is 1.78. The zero-order chi connectivity index (χ0) is 22.8. The van der Waals surface area contributed by atoms with E-state index < -0.39 is 30.4 Å². The molecule has 2 aromatic carbocycles. The molecule has 8 nitrogen and oxygen atoms in total. The maximum absolute atomic E-state index is 12.0. The summed E-state index contributed by atoms with van der Waals surface area (Å²) in [6.07, 6.45) is 2.87. The molecule has 0 saturated heterocycles. The lowest BCUT2D eigenvalue weighted by molar-refractivity contribution is -0.149. The number of hydrogen-bond acceptors (Lipinski definition) is 6. The second-order valence-corrected chi connectivity index (χ2v) is 6.71. The number of benzene rings is 2. The van der Waals surface area contributed by atoms with Crippen LogP contribution in [0.15, 0.2) is 48.5 Å². The lowest BCUT2D eigenvalue weighted by atomic mass is 10.2. The molecule has 0 fully saturated rings. The highest BCUT2D eigenvalue weighted by Gasteiger charge is 2.17. The number of nitrogens with one attached hydrogen (secondary N) is 2. The van der Waals surface area contributed by atoms with Crippen molar-refractivity contribution in [3.8, 4) is 11.8 Å². The number of halogens is 1. The predicted molar refractivity (Wildman–Crippen MR) is 115 cm³/mol. The van der Waals surface area contributed by atoms with Crippen LogP contribution in [0.4, 0.5) is 5.69 Å². The Labute approximate surface area is 184 Å². The molecule has 1 atom stereocenters. The Hall–Kier alpha value is -3.83. The van der Waals surface area contributed by atoms with Crippen LogP contribution in [-0.2, 0) is 19.1 Å². The van der Waals surface area contributed by atoms with Gasteiger partial charge in [-0.05, 0) is 48.9 Å². The van der Waals surface area contributed by atoms with Gasteiger partial charge in [0.1, 0.15) is 17.9 Å². The Morgan fingerprint density at radius 1 is 1.19 bits per heavy atom. The molecule has 0 aromatic heterocycles. The van der Waals surface area contributed by atoms with Crippen LogP contribution in [0.25, 0.3) is 6.08 Å². The zero-order valence-electron chi connectivity index (χ0n) is 16.8. The molecule has 2 amide bonds. The van der Waals surface area contributed by atoms with E-state index >= 15 is 0 Å². The average molecular weight is 442 g/mol. The van der Waals surface area contributed by atoms with Gasteiger partial charge >= 0.3 is 5.97 Å². The SMILES string of the molecule is COc1ccc(C=CC(=O)NC(C)C(=O)OCC(=O)Nc2ccc(C#N)c(Cl)c2)cc1. The third-order valence-electron chi connectivity index (χ3n) is 3.97. The van der Waals surface area contributed by atoms with Gasteiger partial charge in [0, 0.05) is 11.8 Å². The molecule has 2 aromatic rings. The van der Waals surface area contributed by atoms with Crippen molar-refractivity contribution in [2.45, 2.75) is 13.0 Å². The van der Waals surface area contributed by atoms with Crippen LogP contribution in [0.2, 0.25) is 5.02 Å². The molecule has 0 aliphatic heterocycles. The second kappa shape index (κ2) is 11.4. The number of esters is 1. The van der Waals surface area contributed by atoms with Gasteiger partial charge in [0.2, 0.25) is 5.91 Å². The quantitative estimate of drug-likeness (QED) is 0.480. The van der Waals surface area contributed by atoms with Gasteiger partial charge in [0.25, 0.3) is 5.91 Å². The molecule has 0 bridgehead atoms. The fraction of sp³-hybridized carbons (Fsp3) is 0.182. The normalized spacial score (nSPS) is 11.3. The molecule has 0 heterocycles. The lowest BCUT2D eigenvalue weighted by Gasteiger charge is -2.12. The van der Waals surface area contributed by atoms with Crippen molar-refractivity contribution < 1.29 is 23.9 Å². The molecule has 0 spiro atoms. The first-order valence-corrected chi connectivity index (χ1v) is 9.49. The maximum atomic E-state index is 12.0. The molecule has 2 N–H and O–H groups in total. The lowest BCUT2D eigenvalue weighted by Crippen LogP contribution is -2.39. The molecule has 1 unspecified atom stereocenters. The summed E-state index contributed by atoms with van der Waals surface area (Å²) in [6, 6.07) is 12.4. The largest absolute Gasteiger partial charge is 0.497 e. The van der Waals surface area contributed by atoms with Gasteiger partial charge in [-0.3, -0.25) is 9.59 Å². The number of ether oxygens (including phenoxy) is 2. The number of rotatable bonds is 8. The van der Waals surface area contributed by atoms with Crippen LogP contribution < -0.4 is 15.4 Å². The molecule has 0 aliphatic rings. The minimum Gasteiger partial charge on any atom is -0.497 e. The molecule has 9 heteroatoms. The van der Waals surface area contributed by atoms with Crippen LogP contribution in [0.3, 0.4) is 0 Å². The topological polar surface area (TPSA) is 118 Å². The highest BCUT2D eigenvalue weighted by Crippen LogP contribution is 2.20. The van der Waals surface area contributed by atoms with Crippen molar-refractivity contribution in [3.05, 3.63) is 64.7 Å². The smallest absolute Gasteiger partial charge is 0.328 e. The van der Waals surface area contributed by atoms with Crippen molar-refractivity contribution in [1.29, 1.82) is 5.26 Å². The number of anilines is 1. The summed E-state index contributed by atoms with van der Waals surface area (Å²) in [7, 11) is 1.56. The first-order chi connectivity index (χ1) is 14.8. The third-order valence-corrected chi connectivity index (χ3v) is 4.29. The molecule has 160 valence electrons. The predicted octanol–water partition coefficient (Wildman–Crippen LogP) is 2.92. The summed E-state index contributed by atoms with van der Waals surface area (Å²) >= 11 is 5.90. The Morgan fingerprint density at radius 2 is 1.90 bits per heavy atom. The third kappa shape index (κ3) is 7.49. The van der Waals surface area contributed by atoms with Gasteiger partial charge in [0.05, 0.1) is 17.7 Å². The van der Waals surface area contributed by atoms with Gasteiger partial charge in [-0.2, -0.15) is 5.26 Å². The van der Waals surface area contributed by atoms with E-state index in [4.69, 9.17) is 26.3 Å². The van der Waals surface area contributed by atoms with Gasteiger partial charge in [-0.25, -0.2) is 4.79 Å². The molecular weight excluding hydrogens is 422 g/mol. The average Bonchev–Trinajstić information content (AvgIpc) is 2.76. The summed E-state index contributed by atoms with van der Waals surface area (Å²) < 4.78 is 9.97. The summed E-state index contributed by atoms with van der Waals surface area (Å²) in [5, 5.41) is 14.0. The van der Waals surface area contributed by atoms with E-state index in [2.05, 4.69) is 10.6 Å². The minimum absolute atomic E-state index is 0.191. The van der Waals surface area contributed by atoms with E-state index in [-0.39, 0.29) is 10.6 Å². The van der Waals surface area contributed by atoms with Crippen LogP contribution >= 0.6 is 11.6 Å². The highest BCUT2D eigenvalue weighted by molar-refractivity contribution is 6.32. The highest BCUT2D eigenvalue weighted by atomic mass is 35.5. The Kier molecular flexibility index (Phi) is 8.61. The number of hydrogen-bond donors (Lipinski definition) is 2. The van der Waals surface area contributed by atoms with Gasteiger partial charge in [-0.1, -0.05) is 23.7 Å². The summed E-state index contributed by atoms with van der Waals surface area (Å²) in [4.78, 5) is 35.9. The van der Waals surface area contributed by atoms with Crippen molar-refractivity contribution in [1.82, 2.24) is 5.32 Å². The molecule has 0 radical (unpaired) electrons. The molecule has 2 rings (SSSR count). The van der Waals surface area contributed by atoms with Crippen molar-refractivity contribution in [2.24, 2.45) is 0 Å². The van der Waals surface area contributed by atoms with Crippen molar-refractivity contribution in [3.63, 3.8) is 0 Å². The summed E-state index contributed by atoms with van der Waals surface area (Å²) in [5.74, 6) is -1.15. The van der Waals surface area contributed by atoms with Crippen molar-refractivity contribution in [2.75, 3.05) is 19.0 Å². The maximum Gasteiger partial charge on any atom is 0.328 e. The van der Waals surface area contributed by atoms with Crippen LogP contribution in [0, 0.1) is 11.3 Å². The summed E-state index contributed by atoms with van der Waals surface area (Å²) in [6.45, 7) is 0.901. The van der Waals surface area contributed by atoms with Crippen LogP contribution in [-0.4, -0.2) is 37.5 Å². The van der Waals surface area contributed by atoms with Gasteiger partial charge in [0.15, 0.2) is 6.61 Å². The second-order valence-electron chi connectivity index (χ2n) is 6.30. The number of carbonyl (C=O) groups excluding carboxylic acids is 3. The van der Waals surface area contributed by atoms with Crippen LogP contribution in [0.1, 0.15) is 18.1 Å². The number of methoxy groups -OCH3 is 1. The zero-order valence-corrected chi connectivity index (χ0v) is 17.6. The monoisotopic (exact) mass is 441 g/mol. The Morgan fingerprint density at radius 3 is 2.52 bits per heavy atom. The first-order valence-electron chi connectivity index (χ1n) is 9.11. The first kappa shape index (κ1) is 23.4. The number of nitrogens with zero attached hydrogens (tertiary/aromatic N) is 1. The molecule has 0 aliphatic carbocycles. The fourth-order valence-corrected chi connectivity index (χ4v) is 2.57. The molecular formula is C22H20ClN3O5. The van der Waals surface area contributed by atoms with E-state index in [0.717, 1.165) is 5.56 Å². The molecule has 31 heavy (non-hydrogen) atoms. The minimum atomic E-state index is -0.954. The standard InChI is InChI=1S/C22H20ClN3O5/c1-14(25-20(27)10-5-15-3-8-18(30-2)9-4-15)22(29)31-13-21(28)26-17-7-6-16(12-24)19(23)11-17/h3-11,14H,13H2,1-2H3,(H,25,27)(H,26,28). The van der Waals surface area contributed by atoms with E-state index in [0.29, 0.717) is 11.4 Å². The van der Waals surface area contributed by atoms with Crippen molar-refractivity contribution >= 4 is 41.1 Å². The Bertz CT molecular complexity index is 1030. The number of nitriles is 1. The number of carbonyl (C=O) groups is 3. The summed E-state index contributed by atoms with van der Waals surface area (Å²) in [5.41, 5.74) is 1.41. The van der Waals surface area contributed by atoms with E-state index in [9.17, 15) is 14.4 Å². The van der Waals surface area contributed by atoms with Crippen LogP contribution in [0.5, 0.6) is 5.75 Å². The molecule has 0 saturated carbocycles. The number of amides is 2. The van der Waals surface area contributed by atoms with E-state index in [1.807, 2.05) is 6.07 Å². The van der Waals surface area contributed by atoms with E-state index in [1.54, 1.807) is 37.5 Å². The van der Waals surface area contributed by atoms with Gasteiger partial charge in [-0.15, -0.1) is 0 Å².